The van der Waals surface area contributed by atoms with Crippen LogP contribution in [-0.4, -0.2) is 55.9 Å². The van der Waals surface area contributed by atoms with Crippen LogP contribution in [0.2, 0.25) is 0 Å². The topological polar surface area (TPSA) is 95.5 Å². The summed E-state index contributed by atoms with van der Waals surface area (Å²) in [5.74, 6) is -0.714. The van der Waals surface area contributed by atoms with Crippen molar-refractivity contribution in [3.8, 4) is 0 Å². The summed E-state index contributed by atoms with van der Waals surface area (Å²) in [7, 11) is -0.820. The highest BCUT2D eigenvalue weighted by Crippen LogP contribution is 2.05. The lowest BCUT2D eigenvalue weighted by molar-refractivity contribution is -0.140. The predicted octanol–water partition coefficient (Wildman–Crippen LogP) is -0.0480. The molecule has 1 amide bonds. The van der Waals surface area contributed by atoms with Crippen LogP contribution in [0.1, 0.15) is 13.3 Å². The molecule has 0 saturated carbocycles. The fourth-order valence-corrected chi connectivity index (χ4v) is 2.70. The van der Waals surface area contributed by atoms with E-state index in [1.54, 1.807) is 6.26 Å². The van der Waals surface area contributed by atoms with E-state index < -0.39 is 28.7 Å². The second-order valence-electron chi connectivity index (χ2n) is 3.75. The Morgan fingerprint density at radius 3 is 2.58 bits per heavy atom. The van der Waals surface area contributed by atoms with Gasteiger partial charge in [0.05, 0.1) is 0 Å². The van der Waals surface area contributed by atoms with Crippen molar-refractivity contribution >= 4 is 51.0 Å². The van der Waals surface area contributed by atoms with E-state index in [1.807, 2.05) is 0 Å². The van der Waals surface area contributed by atoms with Gasteiger partial charge in [-0.3, -0.25) is 9.00 Å². The molecule has 0 radical (unpaired) electrons. The quantitative estimate of drug-likeness (QED) is 0.425. The van der Waals surface area contributed by atoms with Crippen LogP contribution in [-0.2, 0) is 20.4 Å². The van der Waals surface area contributed by atoms with Crippen LogP contribution in [0, 0.1) is 0 Å². The normalized spacial score (nSPS) is 13.4. The number of carbonyl (C=O) groups is 2. The second kappa shape index (κ2) is 10.2. The zero-order valence-corrected chi connectivity index (χ0v) is 13.3. The van der Waals surface area contributed by atoms with E-state index in [2.05, 4.69) is 10.6 Å². The summed E-state index contributed by atoms with van der Waals surface area (Å²) < 4.78 is 11.3. The largest absolute Gasteiger partial charge is 0.480 e. The Balaban J connectivity index is 3.88. The van der Waals surface area contributed by atoms with E-state index in [-0.39, 0.29) is 5.75 Å². The van der Waals surface area contributed by atoms with E-state index in [0.29, 0.717) is 16.6 Å². The Hall–Kier alpha value is -0.670. The number of amides is 1. The van der Waals surface area contributed by atoms with Gasteiger partial charge in [-0.2, -0.15) is 0 Å². The van der Waals surface area contributed by atoms with Gasteiger partial charge in [-0.25, -0.2) is 4.79 Å². The maximum absolute atomic E-state index is 10.9. The number of nitrogens with one attached hydrogen (secondary N) is 2. The number of thioether (sulfide) groups is 1. The highest BCUT2D eigenvalue weighted by atomic mass is 32.2. The Morgan fingerprint density at radius 1 is 1.47 bits per heavy atom. The van der Waals surface area contributed by atoms with E-state index in [4.69, 9.17) is 17.3 Å². The number of hydrogen-bond donors (Lipinski definition) is 3. The Labute approximate surface area is 124 Å². The number of carboxylic acid groups (broad SMARTS) is 1. The van der Waals surface area contributed by atoms with Crippen LogP contribution in [0.15, 0.2) is 0 Å². The molecule has 0 aromatic rings. The molecule has 2 atom stereocenters. The minimum Gasteiger partial charge on any atom is -0.480 e. The molecule has 3 N–H and O–H groups in total. The third kappa shape index (κ3) is 10.9. The molecule has 19 heavy (non-hydrogen) atoms. The molecule has 6 nitrogen and oxygen atoms in total. The van der Waals surface area contributed by atoms with E-state index in [0.717, 1.165) is 18.2 Å². The zero-order valence-electron chi connectivity index (χ0n) is 10.8. The molecule has 0 heterocycles. The van der Waals surface area contributed by atoms with Crippen molar-refractivity contribution in [2.45, 2.75) is 19.4 Å². The third-order valence-corrected chi connectivity index (χ3v) is 4.20. The van der Waals surface area contributed by atoms with E-state index >= 15 is 0 Å². The van der Waals surface area contributed by atoms with Crippen LogP contribution < -0.4 is 10.6 Å². The van der Waals surface area contributed by atoms with Crippen LogP contribution in [0.5, 0.6) is 0 Å². The third-order valence-electron chi connectivity index (χ3n) is 1.93. The minimum absolute atomic E-state index is 0.167. The maximum atomic E-state index is 10.9. The zero-order chi connectivity index (χ0) is 14.8. The lowest BCUT2D eigenvalue weighted by Crippen LogP contribution is -2.42. The summed E-state index contributed by atoms with van der Waals surface area (Å²) in [5.41, 5.74) is 0. The highest BCUT2D eigenvalue weighted by molar-refractivity contribution is 8.23. The summed E-state index contributed by atoms with van der Waals surface area (Å²) in [6, 6.07) is -0.953. The van der Waals surface area contributed by atoms with Crippen molar-refractivity contribution in [2.75, 3.05) is 24.3 Å². The monoisotopic (exact) mass is 326 g/mol. The summed E-state index contributed by atoms with van der Waals surface area (Å²) in [6.07, 6.45) is 2.37. The van der Waals surface area contributed by atoms with E-state index in [9.17, 15) is 13.8 Å². The van der Waals surface area contributed by atoms with Crippen molar-refractivity contribution in [1.82, 2.24) is 10.6 Å². The smallest absolute Gasteiger partial charge is 0.327 e. The molecular weight excluding hydrogens is 308 g/mol. The molecule has 0 aliphatic rings. The number of aliphatic carboxylic acids is 1. The molecule has 0 saturated heterocycles. The number of rotatable bonds is 8. The van der Waals surface area contributed by atoms with Gasteiger partial charge in [-0.05, 0) is 6.42 Å². The van der Waals surface area contributed by atoms with Gasteiger partial charge in [0.25, 0.3) is 0 Å². The lowest BCUT2D eigenvalue weighted by atomic mass is 10.3. The van der Waals surface area contributed by atoms with Crippen LogP contribution in [0.4, 0.5) is 0 Å². The van der Waals surface area contributed by atoms with Gasteiger partial charge < -0.3 is 15.7 Å². The standard InChI is InChI=1S/C10H18N2O4S3/c1-7(13)12-8(9(14)15)6-18-10(17)11-4-3-5-19(2)16/h8H,3-6H2,1-2H3,(H,11,17)(H,12,13)(H,14,15). The minimum atomic E-state index is -1.09. The van der Waals surface area contributed by atoms with Gasteiger partial charge in [0.15, 0.2) is 0 Å². The van der Waals surface area contributed by atoms with Crippen molar-refractivity contribution < 1.29 is 18.9 Å². The Kier molecular flexibility index (Phi) is 9.80. The average Bonchev–Trinajstić information content (AvgIpc) is 2.29. The maximum Gasteiger partial charge on any atom is 0.327 e. The molecule has 0 fully saturated rings. The van der Waals surface area contributed by atoms with Gasteiger partial charge >= 0.3 is 5.97 Å². The molecule has 0 spiro atoms. The van der Waals surface area contributed by atoms with Gasteiger partial charge in [0.1, 0.15) is 10.4 Å². The van der Waals surface area contributed by atoms with Crippen molar-refractivity contribution in [3.63, 3.8) is 0 Å². The number of carbonyl (C=O) groups excluding carboxylic acids is 1. The SMILES string of the molecule is CC(=O)NC(CSC(=S)NCCCS(C)=O)C(=O)O. The first-order chi connectivity index (χ1) is 8.82. The molecule has 0 aromatic carbocycles. The van der Waals surface area contributed by atoms with Gasteiger partial charge in [0.2, 0.25) is 5.91 Å². The first-order valence-electron chi connectivity index (χ1n) is 5.53. The Morgan fingerprint density at radius 2 is 2.11 bits per heavy atom. The molecule has 9 heteroatoms. The molecular formula is C10H18N2O4S3. The summed E-state index contributed by atoms with van der Waals surface area (Å²) >= 11 is 6.18. The van der Waals surface area contributed by atoms with Crippen LogP contribution >= 0.6 is 24.0 Å². The van der Waals surface area contributed by atoms with Crippen molar-refractivity contribution in [3.05, 3.63) is 0 Å². The van der Waals surface area contributed by atoms with Gasteiger partial charge in [-0.15, -0.1) is 0 Å². The highest BCUT2D eigenvalue weighted by Gasteiger charge is 2.18. The molecule has 110 valence electrons. The van der Waals surface area contributed by atoms with Crippen molar-refractivity contribution in [1.29, 1.82) is 0 Å². The second-order valence-corrected chi connectivity index (χ2v) is 7.00. The van der Waals surface area contributed by atoms with Crippen LogP contribution in [0.25, 0.3) is 0 Å². The van der Waals surface area contributed by atoms with Gasteiger partial charge in [-0.1, -0.05) is 24.0 Å². The molecule has 2 unspecified atom stereocenters. The molecule has 0 aliphatic heterocycles. The average molecular weight is 326 g/mol. The summed E-state index contributed by atoms with van der Waals surface area (Å²) in [5, 5.41) is 14.2. The molecule has 0 aromatic heterocycles. The fraction of sp³-hybridized carbons (Fsp3) is 0.700. The van der Waals surface area contributed by atoms with Crippen LogP contribution in [0.3, 0.4) is 0 Å². The number of carboxylic acids is 1. The molecule has 0 bridgehead atoms. The summed E-state index contributed by atoms with van der Waals surface area (Å²) in [4.78, 5) is 21.7. The van der Waals surface area contributed by atoms with E-state index in [1.165, 1.54) is 6.92 Å². The lowest BCUT2D eigenvalue weighted by Gasteiger charge is -2.13. The first-order valence-corrected chi connectivity index (χ1v) is 8.65. The number of hydrogen-bond acceptors (Lipinski definition) is 5. The van der Waals surface area contributed by atoms with Crippen molar-refractivity contribution in [2.24, 2.45) is 0 Å². The number of thiocarbonyl (C=S) groups is 1. The molecule has 0 aliphatic carbocycles. The van der Waals surface area contributed by atoms with Gasteiger partial charge in [0, 0.05) is 42.0 Å². The summed E-state index contributed by atoms with van der Waals surface area (Å²) in [6.45, 7) is 1.87. The first kappa shape index (κ1) is 18.3. The Bertz CT molecular complexity index is 363. The predicted molar refractivity (Wildman–Crippen MR) is 81.8 cm³/mol. The molecule has 0 rings (SSSR count). The fourth-order valence-electron chi connectivity index (χ4n) is 1.10.